The average Bonchev–Trinajstić information content (AvgIpc) is 2.82. The Labute approximate surface area is 236 Å². The Morgan fingerprint density at radius 1 is 0.514 bits per heavy atom. The van der Waals surface area contributed by atoms with Gasteiger partial charge in [-0.2, -0.15) is 0 Å². The van der Waals surface area contributed by atoms with E-state index in [9.17, 15) is 0 Å². The summed E-state index contributed by atoms with van der Waals surface area (Å²) < 4.78 is 0. The zero-order valence-corrected chi connectivity index (χ0v) is 27.7. The summed E-state index contributed by atoms with van der Waals surface area (Å²) >= 11 is 0. The van der Waals surface area contributed by atoms with E-state index in [1.165, 1.54) is 89.9 Å². The third-order valence-corrected chi connectivity index (χ3v) is 9.84. The number of nitrogens with two attached hydrogens (primary N) is 1. The summed E-state index contributed by atoms with van der Waals surface area (Å²) in [5.74, 6) is 12.6. The van der Waals surface area contributed by atoms with E-state index in [1.54, 1.807) is 0 Å². The predicted octanol–water partition coefficient (Wildman–Crippen LogP) is 11.5. The van der Waals surface area contributed by atoms with E-state index in [4.69, 9.17) is 10.7 Å². The third kappa shape index (κ3) is 18.0. The first-order valence-electron chi connectivity index (χ1n) is 16.8. The lowest BCUT2D eigenvalue weighted by atomic mass is 9.75. The van der Waals surface area contributed by atoms with Crippen molar-refractivity contribution in [1.82, 2.24) is 0 Å². The van der Waals surface area contributed by atoms with Gasteiger partial charge in [0.1, 0.15) is 0 Å². The minimum absolute atomic E-state index is 0.167. The van der Waals surface area contributed by atoms with Crippen molar-refractivity contribution in [2.24, 2.45) is 59.2 Å². The van der Waals surface area contributed by atoms with Crippen LogP contribution >= 0.6 is 0 Å². The second-order valence-electron chi connectivity index (χ2n) is 14.5. The van der Waals surface area contributed by atoms with E-state index in [0.29, 0.717) is 17.8 Å². The summed E-state index contributed by atoms with van der Waals surface area (Å²) in [4.78, 5) is 5.72. The van der Waals surface area contributed by atoms with Crippen molar-refractivity contribution in [3.8, 4) is 0 Å². The quantitative estimate of drug-likeness (QED) is 0.128. The molecular formula is C35H73NO. The molecule has 37 heavy (non-hydrogen) atoms. The molecule has 0 aromatic heterocycles. The smallest absolute Gasteiger partial charge is 0.0840 e. The van der Waals surface area contributed by atoms with Crippen molar-refractivity contribution >= 4 is 0 Å². The van der Waals surface area contributed by atoms with E-state index < -0.39 is 0 Å². The molecule has 0 saturated carbocycles. The maximum Gasteiger partial charge on any atom is 0.0840 e. The van der Waals surface area contributed by atoms with Crippen LogP contribution < -0.4 is 5.90 Å². The van der Waals surface area contributed by atoms with Gasteiger partial charge in [0.05, 0.1) is 6.10 Å². The van der Waals surface area contributed by atoms with Crippen molar-refractivity contribution in [1.29, 1.82) is 0 Å². The molecule has 224 valence electrons. The highest BCUT2D eigenvalue weighted by Gasteiger charge is 2.31. The average molecular weight is 524 g/mol. The first-order valence-corrected chi connectivity index (χ1v) is 16.8. The predicted molar refractivity (Wildman–Crippen MR) is 168 cm³/mol. The van der Waals surface area contributed by atoms with Crippen molar-refractivity contribution < 1.29 is 4.84 Å². The van der Waals surface area contributed by atoms with Crippen LogP contribution in [0.2, 0.25) is 0 Å². The van der Waals surface area contributed by atoms with Crippen LogP contribution in [0.15, 0.2) is 0 Å². The van der Waals surface area contributed by atoms with Crippen LogP contribution in [0.3, 0.4) is 0 Å². The maximum atomic E-state index is 5.96. The van der Waals surface area contributed by atoms with E-state index in [2.05, 4.69) is 76.2 Å². The Balaban J connectivity index is 4.66. The van der Waals surface area contributed by atoms with Gasteiger partial charge in [-0.05, 0) is 59.7 Å². The highest BCUT2D eigenvalue weighted by Crippen LogP contribution is 2.35. The van der Waals surface area contributed by atoms with Crippen molar-refractivity contribution in [3.63, 3.8) is 0 Å². The minimum atomic E-state index is 0.167. The number of hydrogen-bond donors (Lipinski definition) is 1. The molecule has 0 aliphatic heterocycles. The van der Waals surface area contributed by atoms with Gasteiger partial charge in [-0.3, -0.25) is 0 Å². The van der Waals surface area contributed by atoms with Gasteiger partial charge >= 0.3 is 0 Å². The van der Waals surface area contributed by atoms with Crippen LogP contribution in [0.4, 0.5) is 0 Å². The van der Waals surface area contributed by atoms with Crippen LogP contribution in [-0.2, 0) is 4.84 Å². The van der Waals surface area contributed by atoms with E-state index >= 15 is 0 Å². The zero-order valence-electron chi connectivity index (χ0n) is 27.7. The first-order chi connectivity index (χ1) is 17.4. The van der Waals surface area contributed by atoms with Crippen LogP contribution in [0.5, 0.6) is 0 Å². The minimum Gasteiger partial charge on any atom is -0.301 e. The molecule has 8 atom stereocenters. The highest BCUT2D eigenvalue weighted by atomic mass is 16.6. The molecule has 2 nitrogen and oxygen atoms in total. The molecule has 0 rings (SSSR count). The lowest BCUT2D eigenvalue weighted by molar-refractivity contribution is -0.0431. The molecule has 0 aromatic rings. The lowest BCUT2D eigenvalue weighted by Crippen LogP contribution is -2.36. The molecule has 0 radical (unpaired) electrons. The highest BCUT2D eigenvalue weighted by molar-refractivity contribution is 4.80. The van der Waals surface area contributed by atoms with E-state index in [0.717, 1.165) is 35.5 Å². The maximum absolute atomic E-state index is 5.96. The summed E-state index contributed by atoms with van der Waals surface area (Å²) in [5.41, 5.74) is 0. The van der Waals surface area contributed by atoms with Gasteiger partial charge in [0.15, 0.2) is 0 Å². The summed E-state index contributed by atoms with van der Waals surface area (Å²) in [6.07, 6.45) is 19.2. The van der Waals surface area contributed by atoms with E-state index in [1.807, 2.05) is 0 Å². The van der Waals surface area contributed by atoms with Gasteiger partial charge in [-0.15, -0.1) is 0 Å². The van der Waals surface area contributed by atoms with Crippen molar-refractivity contribution in [2.45, 2.75) is 172 Å². The summed E-state index contributed by atoms with van der Waals surface area (Å²) in [6.45, 7) is 26.3. The van der Waals surface area contributed by atoms with E-state index in [-0.39, 0.29) is 6.10 Å². The number of rotatable bonds is 24. The molecule has 0 aromatic carbocycles. The Hall–Kier alpha value is -0.0800. The van der Waals surface area contributed by atoms with Crippen molar-refractivity contribution in [3.05, 3.63) is 0 Å². The van der Waals surface area contributed by atoms with Crippen LogP contribution in [0.1, 0.15) is 166 Å². The Morgan fingerprint density at radius 3 is 1.35 bits per heavy atom. The standard InChI is InChI=1S/C35H73NO/c1-12-30(8)34(24-16-22-29(7)20-14-18-27(4)5)25-32(10)35(37-36)33(11)31(9)23-15-21-28(6)19-13-17-26(2)3/h26-35H,12-25,36H2,1-11H3. The summed E-state index contributed by atoms with van der Waals surface area (Å²) in [6, 6.07) is 0. The molecule has 0 bridgehead atoms. The van der Waals surface area contributed by atoms with Gasteiger partial charge in [0.25, 0.3) is 0 Å². The van der Waals surface area contributed by atoms with Crippen LogP contribution in [0.25, 0.3) is 0 Å². The lowest BCUT2D eigenvalue weighted by Gasteiger charge is -2.35. The Morgan fingerprint density at radius 2 is 0.946 bits per heavy atom. The van der Waals surface area contributed by atoms with Gasteiger partial charge < -0.3 is 4.84 Å². The largest absolute Gasteiger partial charge is 0.301 e. The van der Waals surface area contributed by atoms with Crippen molar-refractivity contribution in [2.75, 3.05) is 0 Å². The molecule has 0 aliphatic carbocycles. The fraction of sp³-hybridized carbons (Fsp3) is 1.00. The topological polar surface area (TPSA) is 35.2 Å². The third-order valence-electron chi connectivity index (χ3n) is 9.84. The van der Waals surface area contributed by atoms with Gasteiger partial charge in [-0.1, -0.05) is 160 Å². The normalized spacial score (nSPS) is 19.0. The number of hydrogen-bond acceptors (Lipinski definition) is 2. The molecule has 8 unspecified atom stereocenters. The van der Waals surface area contributed by atoms with Crippen LogP contribution in [-0.4, -0.2) is 6.10 Å². The molecule has 2 N–H and O–H groups in total. The monoisotopic (exact) mass is 524 g/mol. The van der Waals surface area contributed by atoms with Gasteiger partial charge in [-0.25, -0.2) is 5.90 Å². The summed E-state index contributed by atoms with van der Waals surface area (Å²) in [5, 5.41) is 0. The second-order valence-corrected chi connectivity index (χ2v) is 14.5. The molecule has 0 aliphatic rings. The SMILES string of the molecule is CCC(C)C(CCCC(C)CCCC(C)C)CC(C)C(ON)C(C)C(C)CCCC(C)CCCC(C)C. The van der Waals surface area contributed by atoms with Crippen LogP contribution in [0, 0.1) is 53.3 Å². The molecular weight excluding hydrogens is 450 g/mol. The molecule has 0 spiro atoms. The molecule has 0 amide bonds. The molecule has 0 fully saturated rings. The van der Waals surface area contributed by atoms with Gasteiger partial charge in [0, 0.05) is 0 Å². The Bertz CT molecular complexity index is 503. The fourth-order valence-corrected chi connectivity index (χ4v) is 6.50. The first kappa shape index (κ1) is 36.9. The molecule has 2 heteroatoms. The summed E-state index contributed by atoms with van der Waals surface area (Å²) in [7, 11) is 0. The molecule has 0 heterocycles. The fourth-order valence-electron chi connectivity index (χ4n) is 6.50. The zero-order chi connectivity index (χ0) is 28.4. The molecule has 0 saturated heterocycles. The van der Waals surface area contributed by atoms with Gasteiger partial charge in [0.2, 0.25) is 0 Å². The Kier molecular flexibility index (Phi) is 21.7. The second kappa shape index (κ2) is 21.7.